The Morgan fingerprint density at radius 2 is 1.79 bits per heavy atom. The lowest BCUT2D eigenvalue weighted by molar-refractivity contribution is 0.246. The van der Waals surface area contributed by atoms with Crippen LogP contribution >= 0.6 is 0 Å². The van der Waals surface area contributed by atoms with Gasteiger partial charge in [0.15, 0.2) is 0 Å². The van der Waals surface area contributed by atoms with Gasteiger partial charge in [0, 0.05) is 7.05 Å². The number of hydrogen-bond donors (Lipinski definition) is 0. The molecule has 3 unspecified atom stereocenters. The van der Waals surface area contributed by atoms with Crippen molar-refractivity contribution < 1.29 is 0 Å². The van der Waals surface area contributed by atoms with Gasteiger partial charge in [-0.1, -0.05) is 39.9 Å². The minimum absolute atomic E-state index is 0.264. The smallest absolute Gasteiger partial charge is 0.0699 e. The highest BCUT2D eigenvalue weighted by molar-refractivity contribution is 6.11. The van der Waals surface area contributed by atoms with Crippen LogP contribution < -0.4 is 0 Å². The summed E-state index contributed by atoms with van der Waals surface area (Å²) in [5.41, 5.74) is 0. The fraction of sp³-hybridized carbons (Fsp3) is 0.917. The van der Waals surface area contributed by atoms with E-state index in [2.05, 4.69) is 32.7 Å². The summed E-state index contributed by atoms with van der Waals surface area (Å²) in [5, 5.41) is 0. The maximum Gasteiger partial charge on any atom is 0.0699 e. The first kappa shape index (κ1) is 13.7. The van der Waals surface area contributed by atoms with Gasteiger partial charge in [0.05, 0.1) is 7.85 Å². The largest absolute Gasteiger partial charge is 0.301 e. The molecular weight excluding hydrogens is 169 g/mol. The van der Waals surface area contributed by atoms with Gasteiger partial charge in [-0.3, -0.25) is 0 Å². The van der Waals surface area contributed by atoms with Crippen LogP contribution in [0.3, 0.4) is 0 Å². The second kappa shape index (κ2) is 7.08. The number of hydrogen-bond acceptors (Lipinski definition) is 1. The second-order valence-corrected chi connectivity index (χ2v) is 4.52. The predicted octanol–water partition coefficient (Wildman–Crippen LogP) is 3.35. The molecule has 0 aliphatic rings. The van der Waals surface area contributed by atoms with Crippen LogP contribution in [0.15, 0.2) is 4.99 Å². The van der Waals surface area contributed by atoms with Crippen molar-refractivity contribution in [3.8, 4) is 0 Å². The zero-order chi connectivity index (χ0) is 11.1. The van der Waals surface area contributed by atoms with Gasteiger partial charge in [0.1, 0.15) is 0 Å². The summed E-state index contributed by atoms with van der Waals surface area (Å²) < 4.78 is 0. The van der Waals surface area contributed by atoms with Gasteiger partial charge in [-0.15, -0.1) is 0 Å². The van der Waals surface area contributed by atoms with Gasteiger partial charge in [-0.2, -0.15) is 0 Å². The fourth-order valence-corrected chi connectivity index (χ4v) is 2.28. The third kappa shape index (κ3) is 4.30. The summed E-state index contributed by atoms with van der Waals surface area (Å²) in [5.74, 6) is 2.26. The average molecular weight is 193 g/mol. The molecule has 0 saturated carbocycles. The molecule has 0 aliphatic carbocycles. The van der Waals surface area contributed by atoms with Crippen molar-refractivity contribution in [2.75, 3.05) is 7.05 Å². The van der Waals surface area contributed by atoms with Crippen molar-refractivity contribution in [3.63, 3.8) is 0 Å². The monoisotopic (exact) mass is 193 g/mol. The van der Waals surface area contributed by atoms with Crippen LogP contribution in [-0.2, 0) is 0 Å². The lowest BCUT2D eigenvalue weighted by Gasteiger charge is -2.31. The molecule has 0 aromatic heterocycles. The van der Waals surface area contributed by atoms with Gasteiger partial charge in [-0.25, -0.2) is 0 Å². The van der Waals surface area contributed by atoms with Crippen LogP contribution in [0.5, 0.6) is 0 Å². The standard InChI is InChI=1S/C12H24BN/c1-6-11(9(2)3)12(10(4)13)7-8-14-5/h8-12H,6-7H2,1-5H3. The van der Waals surface area contributed by atoms with E-state index in [1.807, 2.05) is 13.3 Å². The second-order valence-electron chi connectivity index (χ2n) is 4.52. The molecule has 0 aromatic rings. The number of rotatable bonds is 6. The SMILES string of the molecule is [B]C(C)C(CC=NC)C(CC)C(C)C. The maximum absolute atomic E-state index is 6.03. The Morgan fingerprint density at radius 1 is 1.21 bits per heavy atom. The molecule has 2 radical (unpaired) electrons. The van der Waals surface area contributed by atoms with Crippen molar-refractivity contribution in [1.29, 1.82) is 0 Å². The van der Waals surface area contributed by atoms with Crippen LogP contribution in [0.25, 0.3) is 0 Å². The molecule has 0 saturated heterocycles. The minimum Gasteiger partial charge on any atom is -0.301 e. The van der Waals surface area contributed by atoms with Crippen molar-refractivity contribution >= 4 is 14.1 Å². The number of nitrogens with zero attached hydrogens (tertiary/aromatic N) is 1. The summed E-state index contributed by atoms with van der Waals surface area (Å²) in [6.07, 6.45) is 4.23. The van der Waals surface area contributed by atoms with E-state index in [4.69, 9.17) is 7.85 Å². The Hall–Kier alpha value is -0.265. The van der Waals surface area contributed by atoms with E-state index in [1.165, 1.54) is 6.42 Å². The van der Waals surface area contributed by atoms with E-state index in [-0.39, 0.29) is 5.82 Å². The van der Waals surface area contributed by atoms with Gasteiger partial charge in [0.2, 0.25) is 0 Å². The molecule has 14 heavy (non-hydrogen) atoms. The van der Waals surface area contributed by atoms with Crippen molar-refractivity contribution in [2.45, 2.75) is 46.4 Å². The maximum atomic E-state index is 6.03. The first-order chi connectivity index (χ1) is 6.54. The molecule has 0 bridgehead atoms. The molecule has 0 amide bonds. The third-order valence-corrected chi connectivity index (χ3v) is 3.11. The Labute approximate surface area is 90.8 Å². The molecule has 0 spiro atoms. The molecule has 0 heterocycles. The molecule has 2 heteroatoms. The lowest BCUT2D eigenvalue weighted by Crippen LogP contribution is -2.23. The first-order valence-corrected chi connectivity index (χ1v) is 5.70. The summed E-state index contributed by atoms with van der Waals surface area (Å²) in [6.45, 7) is 8.93. The summed E-state index contributed by atoms with van der Waals surface area (Å²) in [6, 6.07) is 0. The van der Waals surface area contributed by atoms with Gasteiger partial charge >= 0.3 is 0 Å². The van der Waals surface area contributed by atoms with E-state index < -0.39 is 0 Å². The molecule has 3 atom stereocenters. The molecule has 0 fully saturated rings. The quantitative estimate of drug-likeness (QED) is 0.453. The van der Waals surface area contributed by atoms with Crippen molar-refractivity contribution in [3.05, 3.63) is 0 Å². The van der Waals surface area contributed by atoms with Crippen LogP contribution in [0, 0.1) is 17.8 Å². The van der Waals surface area contributed by atoms with E-state index in [0.717, 1.165) is 6.42 Å². The minimum atomic E-state index is 0.264. The predicted molar refractivity (Wildman–Crippen MR) is 66.3 cm³/mol. The Bertz CT molecular complexity index is 164. The van der Waals surface area contributed by atoms with Gasteiger partial charge < -0.3 is 4.99 Å². The zero-order valence-corrected chi connectivity index (χ0v) is 10.3. The van der Waals surface area contributed by atoms with E-state index >= 15 is 0 Å². The van der Waals surface area contributed by atoms with Gasteiger partial charge in [0.25, 0.3) is 0 Å². The Morgan fingerprint density at radius 3 is 2.07 bits per heavy atom. The Balaban J connectivity index is 4.43. The highest BCUT2D eigenvalue weighted by Gasteiger charge is 2.24. The normalized spacial score (nSPS) is 18.7. The zero-order valence-electron chi connectivity index (χ0n) is 10.3. The highest BCUT2D eigenvalue weighted by atomic mass is 14.6. The lowest BCUT2D eigenvalue weighted by atomic mass is 9.67. The average Bonchev–Trinajstić information content (AvgIpc) is 2.10. The fourth-order valence-electron chi connectivity index (χ4n) is 2.28. The molecule has 0 rings (SSSR count). The van der Waals surface area contributed by atoms with Crippen LogP contribution in [0.2, 0.25) is 5.82 Å². The molecule has 0 N–H and O–H groups in total. The number of aliphatic imine (C=N–C) groups is 1. The van der Waals surface area contributed by atoms with Crippen LogP contribution in [-0.4, -0.2) is 21.1 Å². The summed E-state index contributed by atoms with van der Waals surface area (Å²) in [4.78, 5) is 4.05. The molecule has 0 aliphatic heterocycles. The highest BCUT2D eigenvalue weighted by Crippen LogP contribution is 2.33. The Kier molecular flexibility index (Phi) is 6.95. The summed E-state index contributed by atoms with van der Waals surface area (Å²) in [7, 11) is 7.86. The van der Waals surface area contributed by atoms with E-state index in [0.29, 0.717) is 17.8 Å². The molecule has 1 nitrogen and oxygen atoms in total. The van der Waals surface area contributed by atoms with Crippen molar-refractivity contribution in [1.82, 2.24) is 0 Å². The van der Waals surface area contributed by atoms with Gasteiger partial charge in [-0.05, 0) is 30.4 Å². The topological polar surface area (TPSA) is 12.4 Å². The molecular formula is C12H24BN. The van der Waals surface area contributed by atoms with E-state index in [9.17, 15) is 0 Å². The third-order valence-electron chi connectivity index (χ3n) is 3.11. The van der Waals surface area contributed by atoms with Crippen LogP contribution in [0.1, 0.15) is 40.5 Å². The van der Waals surface area contributed by atoms with E-state index in [1.54, 1.807) is 0 Å². The van der Waals surface area contributed by atoms with Crippen LogP contribution in [0.4, 0.5) is 0 Å². The molecule has 0 aromatic carbocycles. The molecule has 80 valence electrons. The first-order valence-electron chi connectivity index (χ1n) is 5.70. The summed E-state index contributed by atoms with van der Waals surface area (Å²) >= 11 is 0. The van der Waals surface area contributed by atoms with Crippen molar-refractivity contribution in [2.24, 2.45) is 22.7 Å².